The van der Waals surface area contributed by atoms with E-state index in [2.05, 4.69) is 55.6 Å². The number of methoxy groups -OCH3 is 1. The van der Waals surface area contributed by atoms with Gasteiger partial charge in [-0.15, -0.1) is 11.3 Å². The normalized spacial score (nSPS) is 12.3. The number of hydrogen-bond donors (Lipinski definition) is 1. The second-order valence-electron chi connectivity index (χ2n) is 5.18. The predicted octanol–water partition coefficient (Wildman–Crippen LogP) is 5.39. The molecular weight excluding hydrogens is 278 g/mol. The minimum Gasteiger partial charge on any atom is -0.497 e. The van der Waals surface area contributed by atoms with Crippen molar-refractivity contribution >= 4 is 27.1 Å². The molecule has 0 saturated carbocycles. The Morgan fingerprint density at radius 2 is 1.76 bits per heavy atom. The monoisotopic (exact) mass is 297 g/mol. The van der Waals surface area contributed by atoms with Crippen molar-refractivity contribution in [2.45, 2.75) is 19.9 Å². The van der Waals surface area contributed by atoms with Crippen LogP contribution in [0.1, 0.15) is 23.4 Å². The van der Waals surface area contributed by atoms with Gasteiger partial charge in [0.2, 0.25) is 0 Å². The van der Waals surface area contributed by atoms with Gasteiger partial charge in [-0.2, -0.15) is 0 Å². The molecular formula is C18H19NOS. The summed E-state index contributed by atoms with van der Waals surface area (Å²) >= 11 is 1.87. The largest absolute Gasteiger partial charge is 0.497 e. The molecule has 2 aromatic carbocycles. The van der Waals surface area contributed by atoms with E-state index in [1.807, 2.05) is 23.5 Å². The number of nitrogens with one attached hydrogen (secondary N) is 1. The first-order valence-corrected chi connectivity index (χ1v) is 7.89. The summed E-state index contributed by atoms with van der Waals surface area (Å²) in [6.07, 6.45) is 0. The highest BCUT2D eigenvalue weighted by Crippen LogP contribution is 2.35. The van der Waals surface area contributed by atoms with Gasteiger partial charge >= 0.3 is 0 Å². The second-order valence-corrected chi connectivity index (χ2v) is 6.27. The van der Waals surface area contributed by atoms with Gasteiger partial charge in [0, 0.05) is 15.3 Å². The van der Waals surface area contributed by atoms with Crippen LogP contribution in [0.2, 0.25) is 0 Å². The van der Waals surface area contributed by atoms with Gasteiger partial charge < -0.3 is 10.1 Å². The number of anilines is 1. The molecule has 1 N–H and O–H groups in total. The molecule has 21 heavy (non-hydrogen) atoms. The van der Waals surface area contributed by atoms with Crippen LogP contribution in [0, 0.1) is 6.92 Å². The van der Waals surface area contributed by atoms with Crippen LogP contribution in [-0.2, 0) is 0 Å². The predicted molar refractivity (Wildman–Crippen MR) is 91.6 cm³/mol. The van der Waals surface area contributed by atoms with E-state index in [1.165, 1.54) is 20.5 Å². The lowest BCUT2D eigenvalue weighted by Gasteiger charge is -2.15. The summed E-state index contributed by atoms with van der Waals surface area (Å²) in [6, 6.07) is 16.9. The lowest BCUT2D eigenvalue weighted by atomic mass is 10.1. The average molecular weight is 297 g/mol. The van der Waals surface area contributed by atoms with E-state index >= 15 is 0 Å². The first-order chi connectivity index (χ1) is 10.2. The van der Waals surface area contributed by atoms with Crippen molar-refractivity contribution in [1.82, 2.24) is 0 Å². The van der Waals surface area contributed by atoms with E-state index < -0.39 is 0 Å². The smallest absolute Gasteiger partial charge is 0.119 e. The highest BCUT2D eigenvalue weighted by Gasteiger charge is 2.14. The first-order valence-electron chi connectivity index (χ1n) is 7.07. The first kappa shape index (κ1) is 14.0. The molecule has 3 aromatic rings. The minimum atomic E-state index is 0.288. The van der Waals surface area contributed by atoms with Crippen LogP contribution in [-0.4, -0.2) is 7.11 Å². The number of rotatable bonds is 4. The maximum Gasteiger partial charge on any atom is 0.119 e. The standard InChI is InChI=1S/C18H19NOS/c1-12-16-6-4-5-7-17(16)21-18(12)13(2)19-14-8-10-15(20-3)11-9-14/h4-11,13,19H,1-3H3. The summed E-state index contributed by atoms with van der Waals surface area (Å²) in [5.41, 5.74) is 2.49. The molecule has 0 spiro atoms. The van der Waals surface area contributed by atoms with Crippen LogP contribution in [0.25, 0.3) is 10.1 Å². The van der Waals surface area contributed by atoms with Crippen molar-refractivity contribution < 1.29 is 4.74 Å². The van der Waals surface area contributed by atoms with Crippen LogP contribution in [0.4, 0.5) is 5.69 Å². The lowest BCUT2D eigenvalue weighted by molar-refractivity contribution is 0.415. The Hall–Kier alpha value is -2.00. The van der Waals surface area contributed by atoms with Crippen molar-refractivity contribution in [3.05, 3.63) is 59.0 Å². The van der Waals surface area contributed by atoms with Crippen LogP contribution in [0.15, 0.2) is 48.5 Å². The zero-order valence-electron chi connectivity index (χ0n) is 12.5. The Labute approximate surface area is 129 Å². The fourth-order valence-corrected chi connectivity index (χ4v) is 3.82. The van der Waals surface area contributed by atoms with E-state index in [4.69, 9.17) is 4.74 Å². The SMILES string of the molecule is COc1ccc(NC(C)c2sc3ccccc3c2C)cc1. The number of ether oxygens (including phenoxy) is 1. The van der Waals surface area contributed by atoms with Crippen LogP contribution in [0.5, 0.6) is 5.75 Å². The topological polar surface area (TPSA) is 21.3 Å². The Balaban J connectivity index is 1.86. The molecule has 1 heterocycles. The van der Waals surface area contributed by atoms with Crippen molar-refractivity contribution in [3.63, 3.8) is 0 Å². The van der Waals surface area contributed by atoms with Crippen LogP contribution < -0.4 is 10.1 Å². The molecule has 1 atom stereocenters. The fourth-order valence-electron chi connectivity index (χ4n) is 2.61. The van der Waals surface area contributed by atoms with Crippen molar-refractivity contribution in [2.24, 2.45) is 0 Å². The van der Waals surface area contributed by atoms with Gasteiger partial charge in [-0.25, -0.2) is 0 Å². The van der Waals surface area contributed by atoms with E-state index in [-0.39, 0.29) is 6.04 Å². The third-order valence-corrected chi connectivity index (χ3v) is 5.20. The van der Waals surface area contributed by atoms with E-state index in [0.29, 0.717) is 0 Å². The summed E-state index contributed by atoms with van der Waals surface area (Å²) < 4.78 is 6.55. The van der Waals surface area contributed by atoms with Crippen LogP contribution >= 0.6 is 11.3 Å². The van der Waals surface area contributed by atoms with E-state index in [9.17, 15) is 0 Å². The summed E-state index contributed by atoms with van der Waals surface area (Å²) in [6.45, 7) is 4.42. The minimum absolute atomic E-state index is 0.288. The van der Waals surface area contributed by atoms with Gasteiger partial charge in [0.1, 0.15) is 5.75 Å². The maximum absolute atomic E-state index is 5.19. The van der Waals surface area contributed by atoms with Gasteiger partial charge in [-0.3, -0.25) is 0 Å². The molecule has 0 amide bonds. The molecule has 3 rings (SSSR count). The van der Waals surface area contributed by atoms with Crippen molar-refractivity contribution in [3.8, 4) is 5.75 Å². The van der Waals surface area contributed by atoms with Crippen LogP contribution in [0.3, 0.4) is 0 Å². The molecule has 2 nitrogen and oxygen atoms in total. The number of thiophene rings is 1. The van der Waals surface area contributed by atoms with Crippen molar-refractivity contribution in [2.75, 3.05) is 12.4 Å². The molecule has 0 saturated heterocycles. The van der Waals surface area contributed by atoms with Gasteiger partial charge in [0.15, 0.2) is 0 Å². The average Bonchev–Trinajstić information content (AvgIpc) is 2.86. The summed E-state index contributed by atoms with van der Waals surface area (Å²) in [7, 11) is 1.69. The summed E-state index contributed by atoms with van der Waals surface area (Å²) in [5, 5.41) is 4.93. The van der Waals surface area contributed by atoms with Gasteiger partial charge in [0.05, 0.1) is 13.2 Å². The maximum atomic E-state index is 5.19. The van der Waals surface area contributed by atoms with Crippen molar-refractivity contribution in [1.29, 1.82) is 0 Å². The Bertz CT molecular complexity index is 746. The highest BCUT2D eigenvalue weighted by molar-refractivity contribution is 7.19. The summed E-state index contributed by atoms with van der Waals surface area (Å²) in [5.74, 6) is 0.881. The molecule has 0 radical (unpaired) electrons. The lowest BCUT2D eigenvalue weighted by Crippen LogP contribution is -2.05. The third kappa shape index (κ3) is 2.74. The fraction of sp³-hybridized carbons (Fsp3) is 0.222. The van der Waals surface area contributed by atoms with Gasteiger partial charge in [-0.05, 0) is 55.1 Å². The third-order valence-electron chi connectivity index (χ3n) is 3.75. The molecule has 0 aliphatic carbocycles. The second kappa shape index (κ2) is 5.78. The summed E-state index contributed by atoms with van der Waals surface area (Å²) in [4.78, 5) is 1.40. The number of hydrogen-bond acceptors (Lipinski definition) is 3. The van der Waals surface area contributed by atoms with Gasteiger partial charge in [-0.1, -0.05) is 18.2 Å². The zero-order chi connectivity index (χ0) is 14.8. The molecule has 0 aliphatic rings. The van der Waals surface area contributed by atoms with E-state index in [1.54, 1.807) is 7.11 Å². The molecule has 0 fully saturated rings. The highest BCUT2D eigenvalue weighted by atomic mass is 32.1. The molecule has 108 valence electrons. The number of benzene rings is 2. The Morgan fingerprint density at radius 1 is 1.05 bits per heavy atom. The van der Waals surface area contributed by atoms with E-state index in [0.717, 1.165) is 11.4 Å². The zero-order valence-corrected chi connectivity index (χ0v) is 13.3. The number of fused-ring (bicyclic) bond motifs is 1. The van der Waals surface area contributed by atoms with Gasteiger partial charge in [0.25, 0.3) is 0 Å². The Morgan fingerprint density at radius 3 is 2.43 bits per heavy atom. The number of aryl methyl sites for hydroxylation is 1. The molecule has 1 unspecified atom stereocenters. The molecule has 0 bridgehead atoms. The molecule has 1 aromatic heterocycles. The molecule has 3 heteroatoms. The Kier molecular flexibility index (Phi) is 3.84. The molecule has 0 aliphatic heterocycles. The quantitative estimate of drug-likeness (QED) is 0.697.